The zero-order valence-electron chi connectivity index (χ0n) is 17.4. The lowest BCUT2D eigenvalue weighted by Gasteiger charge is -2.37. The smallest absolute Gasteiger partial charge is 0.0720 e. The average Bonchev–Trinajstić information content (AvgIpc) is 3.24. The highest BCUT2D eigenvalue weighted by molar-refractivity contribution is 5.63. The van der Waals surface area contributed by atoms with Crippen LogP contribution in [0.15, 0.2) is 48.5 Å². The van der Waals surface area contributed by atoms with Gasteiger partial charge >= 0.3 is 0 Å². The van der Waals surface area contributed by atoms with E-state index in [0.717, 1.165) is 32.8 Å². The predicted octanol–water partition coefficient (Wildman–Crippen LogP) is 4.95. The Bertz CT molecular complexity index is 734. The number of hydrogen-bond acceptors (Lipinski definition) is 3. The third kappa shape index (κ3) is 5.02. The first-order chi connectivity index (χ1) is 13.7. The maximum absolute atomic E-state index is 6.03. The Kier molecular flexibility index (Phi) is 6.46. The van der Waals surface area contributed by atoms with Gasteiger partial charge in [0.1, 0.15) is 0 Å². The average molecular weight is 379 g/mol. The second kappa shape index (κ2) is 9.21. The molecule has 0 spiro atoms. The number of piperazine rings is 1. The molecule has 1 saturated carbocycles. The first-order valence-electron chi connectivity index (χ1n) is 10.9. The Hall–Kier alpha value is -1.68. The first-order valence-corrected chi connectivity index (χ1v) is 10.9. The van der Waals surface area contributed by atoms with E-state index < -0.39 is 0 Å². The molecule has 0 bridgehead atoms. The minimum atomic E-state index is 0.482. The molecule has 1 aliphatic carbocycles. The van der Waals surface area contributed by atoms with E-state index in [0.29, 0.717) is 12.1 Å². The van der Waals surface area contributed by atoms with Crippen LogP contribution >= 0.6 is 0 Å². The van der Waals surface area contributed by atoms with Crippen LogP contribution in [0.25, 0.3) is 11.1 Å². The molecule has 2 fully saturated rings. The molecule has 2 aliphatic rings. The fourth-order valence-electron chi connectivity index (χ4n) is 4.39. The predicted molar refractivity (Wildman–Crippen MR) is 116 cm³/mol. The molecule has 1 saturated heterocycles. The molecule has 28 heavy (non-hydrogen) atoms. The van der Waals surface area contributed by atoms with Crippen molar-refractivity contribution < 1.29 is 4.74 Å². The Morgan fingerprint density at radius 2 is 1.46 bits per heavy atom. The van der Waals surface area contributed by atoms with E-state index in [-0.39, 0.29) is 0 Å². The lowest BCUT2D eigenvalue weighted by molar-refractivity contribution is 0.0457. The van der Waals surface area contributed by atoms with E-state index in [2.05, 4.69) is 72.3 Å². The summed E-state index contributed by atoms with van der Waals surface area (Å²) in [6, 6.07) is 18.6. The van der Waals surface area contributed by atoms with Crippen molar-refractivity contribution in [2.45, 2.75) is 57.9 Å². The molecule has 0 N–H and O–H groups in total. The van der Waals surface area contributed by atoms with Gasteiger partial charge in [0, 0.05) is 32.2 Å². The van der Waals surface area contributed by atoms with E-state index in [1.54, 1.807) is 0 Å². The van der Waals surface area contributed by atoms with Gasteiger partial charge < -0.3 is 9.64 Å². The van der Waals surface area contributed by atoms with Crippen molar-refractivity contribution in [3.8, 4) is 11.1 Å². The molecular formula is C25H34N2O. The van der Waals surface area contributed by atoms with Crippen molar-refractivity contribution in [1.82, 2.24) is 9.80 Å². The molecule has 2 aromatic rings. The van der Waals surface area contributed by atoms with Gasteiger partial charge in [-0.15, -0.1) is 0 Å². The topological polar surface area (TPSA) is 15.7 Å². The van der Waals surface area contributed by atoms with Crippen LogP contribution in [0.2, 0.25) is 0 Å². The normalized spacial score (nSPS) is 22.0. The molecule has 1 aliphatic heterocycles. The van der Waals surface area contributed by atoms with Gasteiger partial charge in [0.25, 0.3) is 0 Å². The minimum Gasteiger partial charge on any atom is -0.374 e. The van der Waals surface area contributed by atoms with Crippen LogP contribution in [0.1, 0.15) is 43.7 Å². The maximum atomic E-state index is 6.03. The Morgan fingerprint density at radius 1 is 0.857 bits per heavy atom. The Morgan fingerprint density at radius 3 is 2.07 bits per heavy atom. The van der Waals surface area contributed by atoms with Crippen molar-refractivity contribution in [3.63, 3.8) is 0 Å². The lowest BCUT2D eigenvalue weighted by atomic mass is 10.0. The van der Waals surface area contributed by atoms with E-state index >= 15 is 0 Å². The van der Waals surface area contributed by atoms with Crippen LogP contribution in [0.5, 0.6) is 0 Å². The highest BCUT2D eigenvalue weighted by Crippen LogP contribution is 2.24. The molecule has 150 valence electrons. The summed E-state index contributed by atoms with van der Waals surface area (Å²) in [5, 5.41) is 0. The van der Waals surface area contributed by atoms with Gasteiger partial charge in [-0.25, -0.2) is 0 Å². The SMILES string of the molecule is C[C@H]1CN(Cc2ccc(-c3ccc(COC4CCCC4)cc3)cc2)CCN1C. The Labute approximate surface area is 170 Å². The van der Waals surface area contributed by atoms with Crippen molar-refractivity contribution >= 4 is 0 Å². The quantitative estimate of drug-likeness (QED) is 0.707. The summed E-state index contributed by atoms with van der Waals surface area (Å²) in [5.74, 6) is 0. The molecule has 0 radical (unpaired) electrons. The summed E-state index contributed by atoms with van der Waals surface area (Å²) in [6.45, 7) is 7.59. The van der Waals surface area contributed by atoms with Crippen LogP contribution in [0, 0.1) is 0 Å². The van der Waals surface area contributed by atoms with E-state index in [1.165, 1.54) is 47.9 Å². The molecule has 4 rings (SSSR count). The molecule has 1 heterocycles. The van der Waals surface area contributed by atoms with Crippen LogP contribution in [-0.2, 0) is 17.9 Å². The number of hydrogen-bond donors (Lipinski definition) is 0. The van der Waals surface area contributed by atoms with Gasteiger partial charge in [0.05, 0.1) is 12.7 Å². The third-order valence-electron chi connectivity index (χ3n) is 6.48. The van der Waals surface area contributed by atoms with E-state index in [4.69, 9.17) is 4.74 Å². The van der Waals surface area contributed by atoms with Crippen molar-refractivity contribution in [2.75, 3.05) is 26.7 Å². The number of nitrogens with zero attached hydrogens (tertiary/aromatic N) is 2. The van der Waals surface area contributed by atoms with Gasteiger partial charge in [-0.1, -0.05) is 61.4 Å². The van der Waals surface area contributed by atoms with Gasteiger partial charge in [-0.05, 0) is 49.1 Å². The summed E-state index contributed by atoms with van der Waals surface area (Å²) in [6.07, 6.45) is 5.60. The summed E-state index contributed by atoms with van der Waals surface area (Å²) < 4.78 is 6.03. The highest BCUT2D eigenvalue weighted by atomic mass is 16.5. The largest absolute Gasteiger partial charge is 0.374 e. The first kappa shape index (κ1) is 19.6. The zero-order chi connectivity index (χ0) is 19.3. The molecule has 0 unspecified atom stereocenters. The molecule has 0 amide bonds. The Balaban J connectivity index is 1.31. The second-order valence-electron chi connectivity index (χ2n) is 8.68. The van der Waals surface area contributed by atoms with Crippen LogP contribution < -0.4 is 0 Å². The van der Waals surface area contributed by atoms with Crippen LogP contribution in [0.3, 0.4) is 0 Å². The van der Waals surface area contributed by atoms with Crippen molar-refractivity contribution in [1.29, 1.82) is 0 Å². The highest BCUT2D eigenvalue weighted by Gasteiger charge is 2.20. The number of benzene rings is 2. The molecule has 3 heteroatoms. The summed E-state index contributed by atoms with van der Waals surface area (Å²) in [4.78, 5) is 5.01. The maximum Gasteiger partial charge on any atom is 0.0720 e. The third-order valence-corrected chi connectivity index (χ3v) is 6.48. The standard InChI is InChI=1S/C25H34N2O/c1-20-17-27(16-15-26(20)2)18-21-7-11-23(12-8-21)24-13-9-22(10-14-24)19-28-25-5-3-4-6-25/h7-14,20,25H,3-6,15-19H2,1-2H3/t20-/m0/s1. The summed E-state index contributed by atoms with van der Waals surface area (Å²) in [7, 11) is 2.23. The fraction of sp³-hybridized carbons (Fsp3) is 0.520. The van der Waals surface area contributed by atoms with Gasteiger partial charge in [-0.3, -0.25) is 4.90 Å². The molecule has 0 aromatic heterocycles. The van der Waals surface area contributed by atoms with E-state index in [9.17, 15) is 0 Å². The second-order valence-corrected chi connectivity index (χ2v) is 8.68. The van der Waals surface area contributed by atoms with Gasteiger partial charge in [0.2, 0.25) is 0 Å². The van der Waals surface area contributed by atoms with Crippen LogP contribution in [0.4, 0.5) is 0 Å². The minimum absolute atomic E-state index is 0.482. The number of likely N-dealkylation sites (N-methyl/N-ethyl adjacent to an activating group) is 1. The monoisotopic (exact) mass is 378 g/mol. The lowest BCUT2D eigenvalue weighted by Crippen LogP contribution is -2.49. The zero-order valence-corrected chi connectivity index (χ0v) is 17.4. The van der Waals surface area contributed by atoms with Crippen molar-refractivity contribution in [3.05, 3.63) is 59.7 Å². The van der Waals surface area contributed by atoms with E-state index in [1.807, 2.05) is 0 Å². The summed E-state index contributed by atoms with van der Waals surface area (Å²) >= 11 is 0. The van der Waals surface area contributed by atoms with Crippen molar-refractivity contribution in [2.24, 2.45) is 0 Å². The van der Waals surface area contributed by atoms with Crippen LogP contribution in [-0.4, -0.2) is 48.6 Å². The molecule has 2 aromatic carbocycles. The summed E-state index contributed by atoms with van der Waals surface area (Å²) in [5.41, 5.74) is 5.25. The molecular weight excluding hydrogens is 344 g/mol. The van der Waals surface area contributed by atoms with Gasteiger partial charge in [0.15, 0.2) is 0 Å². The van der Waals surface area contributed by atoms with Gasteiger partial charge in [-0.2, -0.15) is 0 Å². The fourth-order valence-corrected chi connectivity index (χ4v) is 4.39. The molecule has 1 atom stereocenters. The number of ether oxygens (including phenoxy) is 1. The number of rotatable bonds is 6. The molecule has 3 nitrogen and oxygen atoms in total.